The minimum absolute atomic E-state index is 0.264. The highest BCUT2D eigenvalue weighted by molar-refractivity contribution is 5.80. The summed E-state index contributed by atoms with van der Waals surface area (Å²) in [7, 11) is 0. The van der Waals surface area contributed by atoms with Gasteiger partial charge in [0.05, 0.1) is 25.4 Å². The molecule has 8 N–H and O–H groups in total. The Morgan fingerprint density at radius 1 is 0.680 bits per heavy atom. The van der Waals surface area contributed by atoms with Crippen molar-refractivity contribution in [3.63, 3.8) is 0 Å². The lowest BCUT2D eigenvalue weighted by atomic mass is 9.98. The third-order valence-electron chi connectivity index (χ3n) is 10.5. The molecule has 1 aliphatic rings. The molecule has 1 fully saturated rings. The van der Waals surface area contributed by atoms with Crippen LogP contribution in [-0.2, 0) is 14.3 Å². The minimum atomic E-state index is -1.65. The van der Waals surface area contributed by atoms with Gasteiger partial charge in [-0.25, -0.2) is 0 Å². The maximum atomic E-state index is 13.0. The van der Waals surface area contributed by atoms with Crippen LogP contribution in [0.5, 0.6) is 0 Å². The molecule has 1 amide bonds. The largest absolute Gasteiger partial charge is 0.394 e. The summed E-state index contributed by atoms with van der Waals surface area (Å²) in [5, 5.41) is 75.2. The molecule has 0 aromatic rings. The van der Waals surface area contributed by atoms with Gasteiger partial charge < -0.3 is 50.5 Å². The average Bonchev–Trinajstić information content (AvgIpc) is 3.11. The SMILES string of the molecule is CCCCCCCCCCCCCC[C@@H](O)C(=O)N[C@@H](CO[C@@H]1O[C@H](CO)[C@H](O)[C@H](O)[C@H]1O)[C@H](O)[C@H](O)CCCCCCCCCC(C)CC. The number of amides is 1. The lowest BCUT2D eigenvalue weighted by molar-refractivity contribution is -0.303. The van der Waals surface area contributed by atoms with Gasteiger partial charge in [-0.2, -0.15) is 0 Å². The van der Waals surface area contributed by atoms with Crippen LogP contribution in [0.1, 0.15) is 168 Å². The van der Waals surface area contributed by atoms with Crippen LogP contribution in [0.2, 0.25) is 0 Å². The molecule has 0 aromatic heterocycles. The first-order valence-electron chi connectivity index (χ1n) is 20.3. The molecule has 0 spiro atoms. The summed E-state index contributed by atoms with van der Waals surface area (Å²) in [6.45, 7) is 5.69. The van der Waals surface area contributed by atoms with Crippen LogP contribution >= 0.6 is 0 Å². The lowest BCUT2D eigenvalue weighted by Crippen LogP contribution is -2.60. The van der Waals surface area contributed by atoms with E-state index in [9.17, 15) is 40.5 Å². The molecule has 11 heteroatoms. The van der Waals surface area contributed by atoms with E-state index in [0.717, 1.165) is 44.4 Å². The second-order valence-corrected chi connectivity index (χ2v) is 15.0. The van der Waals surface area contributed by atoms with E-state index < -0.39 is 74.2 Å². The van der Waals surface area contributed by atoms with Gasteiger partial charge in [0.2, 0.25) is 5.91 Å². The number of aliphatic hydroxyl groups excluding tert-OH is 7. The van der Waals surface area contributed by atoms with Gasteiger partial charge in [-0.3, -0.25) is 4.79 Å². The molecule has 1 saturated heterocycles. The van der Waals surface area contributed by atoms with E-state index in [-0.39, 0.29) is 6.42 Å². The first-order chi connectivity index (χ1) is 24.1. The predicted octanol–water partition coefficient (Wildman–Crippen LogP) is 5.02. The normalized spacial score (nSPS) is 24.1. The molecule has 1 heterocycles. The Kier molecular flexibility index (Phi) is 27.9. The van der Waals surface area contributed by atoms with Gasteiger partial charge in [0, 0.05) is 0 Å². The molecule has 0 saturated carbocycles. The van der Waals surface area contributed by atoms with Gasteiger partial charge in [-0.1, -0.05) is 156 Å². The third kappa shape index (κ3) is 20.4. The molecule has 1 aliphatic heterocycles. The van der Waals surface area contributed by atoms with E-state index in [4.69, 9.17) is 9.47 Å². The molecule has 0 radical (unpaired) electrons. The molecule has 0 aliphatic carbocycles. The molecule has 1 unspecified atom stereocenters. The number of hydrogen-bond acceptors (Lipinski definition) is 10. The van der Waals surface area contributed by atoms with Crippen molar-refractivity contribution in [1.29, 1.82) is 0 Å². The van der Waals surface area contributed by atoms with E-state index in [2.05, 4.69) is 26.1 Å². The Hall–Kier alpha value is -0.890. The topological polar surface area (TPSA) is 189 Å². The maximum Gasteiger partial charge on any atom is 0.249 e. The van der Waals surface area contributed by atoms with Crippen molar-refractivity contribution < 1.29 is 50.0 Å². The summed E-state index contributed by atoms with van der Waals surface area (Å²) >= 11 is 0. The van der Waals surface area contributed by atoms with Gasteiger partial charge in [0.25, 0.3) is 0 Å². The van der Waals surface area contributed by atoms with Crippen molar-refractivity contribution in [3.05, 3.63) is 0 Å². The summed E-state index contributed by atoms with van der Waals surface area (Å²) in [6.07, 6.45) is 13.1. The van der Waals surface area contributed by atoms with Crippen molar-refractivity contribution in [2.75, 3.05) is 13.2 Å². The highest BCUT2D eigenvalue weighted by Crippen LogP contribution is 2.23. The number of aliphatic hydroxyl groups is 7. The number of carbonyl (C=O) groups excluding carboxylic acids is 1. The molecular formula is C39H77NO10. The zero-order chi connectivity index (χ0) is 37.1. The number of carbonyl (C=O) groups is 1. The van der Waals surface area contributed by atoms with Gasteiger partial charge in [0.1, 0.15) is 36.6 Å². The van der Waals surface area contributed by atoms with Crippen molar-refractivity contribution in [3.8, 4) is 0 Å². The van der Waals surface area contributed by atoms with Crippen LogP contribution < -0.4 is 5.32 Å². The number of hydrogen-bond donors (Lipinski definition) is 8. The Morgan fingerprint density at radius 2 is 1.16 bits per heavy atom. The summed E-state index contributed by atoms with van der Waals surface area (Å²) in [5.41, 5.74) is 0. The predicted molar refractivity (Wildman–Crippen MR) is 196 cm³/mol. The molecule has 10 atom stereocenters. The molecule has 11 nitrogen and oxygen atoms in total. The summed E-state index contributed by atoms with van der Waals surface area (Å²) in [5.74, 6) is 0.0802. The number of rotatable bonds is 32. The van der Waals surface area contributed by atoms with Crippen molar-refractivity contribution in [1.82, 2.24) is 5.32 Å². The fourth-order valence-electron chi connectivity index (χ4n) is 6.59. The highest BCUT2D eigenvalue weighted by Gasteiger charge is 2.44. The van der Waals surface area contributed by atoms with Crippen LogP contribution in [0.4, 0.5) is 0 Å². The minimum Gasteiger partial charge on any atom is -0.394 e. The number of ether oxygens (including phenoxy) is 2. The molecular weight excluding hydrogens is 642 g/mol. The second kappa shape index (κ2) is 29.6. The van der Waals surface area contributed by atoms with Crippen LogP contribution in [-0.4, -0.2) is 110 Å². The molecule has 1 rings (SSSR count). The van der Waals surface area contributed by atoms with E-state index in [1.54, 1.807) is 0 Å². The Labute approximate surface area is 303 Å². The van der Waals surface area contributed by atoms with Gasteiger partial charge in [-0.15, -0.1) is 0 Å². The Balaban J connectivity index is 2.56. The van der Waals surface area contributed by atoms with E-state index >= 15 is 0 Å². The van der Waals surface area contributed by atoms with E-state index in [0.29, 0.717) is 19.3 Å². The lowest BCUT2D eigenvalue weighted by Gasteiger charge is -2.40. The van der Waals surface area contributed by atoms with Crippen LogP contribution in [0, 0.1) is 5.92 Å². The summed E-state index contributed by atoms with van der Waals surface area (Å²) < 4.78 is 11.0. The number of nitrogens with one attached hydrogen (secondary N) is 1. The average molecular weight is 720 g/mol. The molecule has 298 valence electrons. The Bertz CT molecular complexity index is 805. The quantitative estimate of drug-likeness (QED) is 0.0439. The molecule has 0 aromatic carbocycles. The number of unbranched alkanes of at least 4 members (excludes halogenated alkanes) is 17. The fraction of sp³-hybridized carbons (Fsp3) is 0.974. The third-order valence-corrected chi connectivity index (χ3v) is 10.5. The smallest absolute Gasteiger partial charge is 0.249 e. The first-order valence-corrected chi connectivity index (χ1v) is 20.3. The summed E-state index contributed by atoms with van der Waals surface area (Å²) in [6, 6.07) is -1.16. The highest BCUT2D eigenvalue weighted by atomic mass is 16.7. The Morgan fingerprint density at radius 3 is 1.66 bits per heavy atom. The monoisotopic (exact) mass is 720 g/mol. The van der Waals surface area contributed by atoms with Crippen molar-refractivity contribution >= 4 is 5.91 Å². The maximum absolute atomic E-state index is 13.0. The van der Waals surface area contributed by atoms with E-state index in [1.165, 1.54) is 83.5 Å². The second-order valence-electron chi connectivity index (χ2n) is 15.0. The van der Waals surface area contributed by atoms with E-state index in [1.807, 2.05) is 0 Å². The molecule has 0 bridgehead atoms. The first kappa shape index (κ1) is 47.1. The van der Waals surface area contributed by atoms with Crippen LogP contribution in [0.15, 0.2) is 0 Å². The zero-order valence-electron chi connectivity index (χ0n) is 31.8. The van der Waals surface area contributed by atoms with Crippen molar-refractivity contribution in [2.24, 2.45) is 5.92 Å². The fourth-order valence-corrected chi connectivity index (χ4v) is 6.59. The standard InChI is InChI=1S/C39H77NO10/c1-4-6-7-8-9-10-11-12-13-16-20-23-26-32(43)38(48)40-30(28-49-39-37(47)36(46)35(45)33(27-41)50-39)34(44)31(42)25-22-19-17-14-15-18-21-24-29(3)5-2/h29-37,39,41-47H,4-28H2,1-3H3,(H,40,48)/t29?,30-,31+,32+,33+,34-,35-,36-,37+,39+/m0/s1. The summed E-state index contributed by atoms with van der Waals surface area (Å²) in [4.78, 5) is 13.0. The van der Waals surface area contributed by atoms with Crippen LogP contribution in [0.3, 0.4) is 0 Å². The van der Waals surface area contributed by atoms with Gasteiger partial charge in [-0.05, 0) is 18.8 Å². The van der Waals surface area contributed by atoms with Crippen molar-refractivity contribution in [2.45, 2.75) is 224 Å². The van der Waals surface area contributed by atoms with Gasteiger partial charge in [0.15, 0.2) is 6.29 Å². The van der Waals surface area contributed by atoms with Crippen LogP contribution in [0.25, 0.3) is 0 Å². The molecule has 50 heavy (non-hydrogen) atoms. The van der Waals surface area contributed by atoms with Gasteiger partial charge >= 0.3 is 0 Å². The zero-order valence-corrected chi connectivity index (χ0v) is 31.8.